The van der Waals surface area contributed by atoms with Gasteiger partial charge >= 0.3 is 0 Å². The number of aliphatic hydroxyl groups excluding tert-OH is 1. The van der Waals surface area contributed by atoms with E-state index < -0.39 is 0 Å². The zero-order chi connectivity index (χ0) is 13.2. The number of hydrogen-bond acceptors (Lipinski definition) is 2. The molecule has 1 heterocycles. The van der Waals surface area contributed by atoms with Crippen molar-refractivity contribution in [2.45, 2.75) is 45.1 Å². The molecule has 1 aromatic carbocycles. The molecule has 2 unspecified atom stereocenters. The van der Waals surface area contributed by atoms with E-state index in [2.05, 4.69) is 19.1 Å². The first-order chi connectivity index (χ1) is 9.24. The Morgan fingerprint density at radius 3 is 2.63 bits per heavy atom. The molecule has 1 N–H and O–H groups in total. The Balaban J connectivity index is 1.64. The van der Waals surface area contributed by atoms with Crippen molar-refractivity contribution in [3.63, 3.8) is 0 Å². The molecule has 0 spiro atoms. The number of ether oxygens (including phenoxy) is 1. The minimum atomic E-state index is -0.194. The van der Waals surface area contributed by atoms with Gasteiger partial charge in [-0.15, -0.1) is 0 Å². The molecule has 1 aliphatic heterocycles. The minimum absolute atomic E-state index is 0.194. The van der Waals surface area contributed by atoms with Gasteiger partial charge in [0, 0.05) is 5.92 Å². The summed E-state index contributed by atoms with van der Waals surface area (Å²) in [6.45, 7) is 2.99. The minimum Gasteiger partial charge on any atom is -0.493 e. The van der Waals surface area contributed by atoms with Gasteiger partial charge in [0.25, 0.3) is 0 Å². The van der Waals surface area contributed by atoms with Gasteiger partial charge in [-0.2, -0.15) is 0 Å². The lowest BCUT2D eigenvalue weighted by molar-refractivity contribution is 0.00353. The third-order valence-electron chi connectivity index (χ3n) is 4.93. The van der Waals surface area contributed by atoms with E-state index in [0.717, 1.165) is 18.1 Å². The Morgan fingerprint density at radius 1 is 1.11 bits per heavy atom. The number of hydrogen-bond donors (Lipinski definition) is 1. The molecule has 0 radical (unpaired) electrons. The van der Waals surface area contributed by atoms with E-state index in [-0.39, 0.29) is 12.0 Å². The first-order valence-corrected chi connectivity index (χ1v) is 7.63. The summed E-state index contributed by atoms with van der Waals surface area (Å²) in [6.07, 6.45) is 5.67. The van der Waals surface area contributed by atoms with Crippen molar-refractivity contribution in [2.24, 2.45) is 17.8 Å². The van der Waals surface area contributed by atoms with Crippen molar-refractivity contribution in [1.82, 2.24) is 0 Å². The van der Waals surface area contributed by atoms with Gasteiger partial charge in [0.1, 0.15) is 5.75 Å². The van der Waals surface area contributed by atoms with Gasteiger partial charge in [-0.1, -0.05) is 38.0 Å². The number of fused-ring (bicyclic) bond motifs is 1. The molecule has 2 atom stereocenters. The topological polar surface area (TPSA) is 29.5 Å². The summed E-state index contributed by atoms with van der Waals surface area (Å²) < 4.78 is 5.81. The number of aliphatic hydroxyl groups is 1. The van der Waals surface area contributed by atoms with Crippen molar-refractivity contribution < 1.29 is 9.84 Å². The van der Waals surface area contributed by atoms with Crippen LogP contribution in [0.2, 0.25) is 0 Å². The van der Waals surface area contributed by atoms with Crippen LogP contribution in [0.15, 0.2) is 24.3 Å². The van der Waals surface area contributed by atoms with Gasteiger partial charge in [0.05, 0.1) is 12.7 Å². The van der Waals surface area contributed by atoms with Crippen LogP contribution in [0.3, 0.4) is 0 Å². The van der Waals surface area contributed by atoms with Gasteiger partial charge in [0.2, 0.25) is 0 Å². The van der Waals surface area contributed by atoms with Crippen LogP contribution >= 0.6 is 0 Å². The molecule has 1 fully saturated rings. The predicted molar refractivity (Wildman–Crippen MR) is 76.3 cm³/mol. The van der Waals surface area contributed by atoms with Crippen molar-refractivity contribution in [1.29, 1.82) is 0 Å². The highest BCUT2D eigenvalue weighted by Gasteiger charge is 2.33. The van der Waals surface area contributed by atoms with Crippen molar-refractivity contribution in [3.05, 3.63) is 29.8 Å². The maximum absolute atomic E-state index is 10.6. The second kappa shape index (κ2) is 5.54. The molecule has 2 nitrogen and oxygen atoms in total. The van der Waals surface area contributed by atoms with E-state index in [4.69, 9.17) is 4.74 Å². The molecule has 1 aliphatic carbocycles. The Bertz CT molecular complexity index is 421. The fourth-order valence-electron chi connectivity index (χ4n) is 3.58. The standard InChI is InChI=1S/C17H24O2/c1-12-6-8-13(9-7-12)17(18)15-10-14-4-2-3-5-16(14)19-11-15/h2-5,12-13,15,17-18H,6-11H2,1H3. The van der Waals surface area contributed by atoms with Gasteiger partial charge in [-0.25, -0.2) is 0 Å². The van der Waals surface area contributed by atoms with Crippen LogP contribution in [-0.2, 0) is 6.42 Å². The quantitative estimate of drug-likeness (QED) is 0.883. The van der Waals surface area contributed by atoms with Gasteiger partial charge in [-0.3, -0.25) is 0 Å². The average Bonchev–Trinajstić information content (AvgIpc) is 2.47. The molecule has 104 valence electrons. The zero-order valence-electron chi connectivity index (χ0n) is 11.7. The number of para-hydroxylation sites is 1. The summed E-state index contributed by atoms with van der Waals surface area (Å²) in [6, 6.07) is 8.22. The van der Waals surface area contributed by atoms with E-state index >= 15 is 0 Å². The summed E-state index contributed by atoms with van der Waals surface area (Å²) in [4.78, 5) is 0. The molecule has 0 aromatic heterocycles. The molecular weight excluding hydrogens is 236 g/mol. The monoisotopic (exact) mass is 260 g/mol. The summed E-state index contributed by atoms with van der Waals surface area (Å²) in [5.41, 5.74) is 1.25. The lowest BCUT2D eigenvalue weighted by Gasteiger charge is -2.36. The molecule has 2 heteroatoms. The average molecular weight is 260 g/mol. The van der Waals surface area contributed by atoms with E-state index in [1.807, 2.05) is 12.1 Å². The second-order valence-corrected chi connectivity index (χ2v) is 6.39. The van der Waals surface area contributed by atoms with Crippen LogP contribution in [0.1, 0.15) is 38.2 Å². The molecule has 0 bridgehead atoms. The number of benzene rings is 1. The molecule has 2 aliphatic rings. The maximum atomic E-state index is 10.6. The van der Waals surface area contributed by atoms with Crippen LogP contribution in [0.4, 0.5) is 0 Å². The molecule has 0 amide bonds. The third-order valence-corrected chi connectivity index (χ3v) is 4.93. The SMILES string of the molecule is CC1CCC(C(O)C2COc3ccccc3C2)CC1. The second-order valence-electron chi connectivity index (χ2n) is 6.39. The largest absolute Gasteiger partial charge is 0.493 e. The summed E-state index contributed by atoms with van der Waals surface area (Å²) >= 11 is 0. The number of rotatable bonds is 2. The van der Waals surface area contributed by atoms with E-state index in [9.17, 15) is 5.11 Å². The Kier molecular flexibility index (Phi) is 3.79. The fraction of sp³-hybridized carbons (Fsp3) is 0.647. The zero-order valence-corrected chi connectivity index (χ0v) is 11.7. The first kappa shape index (κ1) is 13.0. The van der Waals surface area contributed by atoms with Gasteiger partial charge in [0.15, 0.2) is 0 Å². The van der Waals surface area contributed by atoms with Crippen molar-refractivity contribution in [2.75, 3.05) is 6.61 Å². The van der Waals surface area contributed by atoms with Crippen molar-refractivity contribution >= 4 is 0 Å². The summed E-state index contributed by atoms with van der Waals surface area (Å²) in [7, 11) is 0. The molecule has 0 saturated heterocycles. The van der Waals surface area contributed by atoms with Crippen LogP contribution in [-0.4, -0.2) is 17.8 Å². The summed E-state index contributed by atoms with van der Waals surface area (Å²) in [5.74, 6) is 2.60. The van der Waals surface area contributed by atoms with Gasteiger partial charge in [-0.05, 0) is 42.7 Å². The molecule has 1 aromatic rings. The van der Waals surface area contributed by atoms with Crippen LogP contribution < -0.4 is 4.74 Å². The molecular formula is C17H24O2. The van der Waals surface area contributed by atoms with E-state index in [1.165, 1.54) is 31.2 Å². The normalized spacial score (nSPS) is 32.2. The highest BCUT2D eigenvalue weighted by atomic mass is 16.5. The van der Waals surface area contributed by atoms with E-state index in [1.54, 1.807) is 0 Å². The third kappa shape index (κ3) is 2.79. The first-order valence-electron chi connectivity index (χ1n) is 7.63. The lowest BCUT2D eigenvalue weighted by atomic mass is 9.75. The van der Waals surface area contributed by atoms with Crippen LogP contribution in [0.5, 0.6) is 5.75 Å². The fourth-order valence-corrected chi connectivity index (χ4v) is 3.58. The predicted octanol–water partition coefficient (Wildman–Crippen LogP) is 3.42. The van der Waals surface area contributed by atoms with E-state index in [0.29, 0.717) is 12.5 Å². The van der Waals surface area contributed by atoms with Crippen LogP contribution in [0, 0.1) is 17.8 Å². The maximum Gasteiger partial charge on any atom is 0.122 e. The Morgan fingerprint density at radius 2 is 1.84 bits per heavy atom. The molecule has 3 rings (SSSR count). The summed E-state index contributed by atoms with van der Waals surface area (Å²) in [5, 5.41) is 10.6. The molecule has 1 saturated carbocycles. The Labute approximate surface area is 115 Å². The van der Waals surface area contributed by atoms with Crippen LogP contribution in [0.25, 0.3) is 0 Å². The highest BCUT2D eigenvalue weighted by molar-refractivity contribution is 5.35. The lowest BCUT2D eigenvalue weighted by Crippen LogP contribution is -2.38. The smallest absolute Gasteiger partial charge is 0.122 e. The molecule has 19 heavy (non-hydrogen) atoms. The Hall–Kier alpha value is -1.02. The van der Waals surface area contributed by atoms with Gasteiger partial charge < -0.3 is 9.84 Å². The highest BCUT2D eigenvalue weighted by Crippen LogP contribution is 2.36. The van der Waals surface area contributed by atoms with Crippen molar-refractivity contribution in [3.8, 4) is 5.75 Å².